The maximum absolute atomic E-state index is 2.43. The summed E-state index contributed by atoms with van der Waals surface area (Å²) in [5, 5.41) is 2.49. The minimum absolute atomic E-state index is 0.342. The fourth-order valence-electron chi connectivity index (χ4n) is 11.8. The van der Waals surface area contributed by atoms with Gasteiger partial charge in [0, 0.05) is 71.0 Å². The molecule has 0 unspecified atom stereocenters. The molecule has 0 saturated carbocycles. The molecule has 0 aromatic heterocycles. The highest BCUT2D eigenvalue weighted by Crippen LogP contribution is 2.63. The first-order valence-corrected chi connectivity index (χ1v) is 26.5. The predicted molar refractivity (Wildman–Crippen MR) is 325 cm³/mol. The van der Waals surface area contributed by atoms with Crippen molar-refractivity contribution < 1.29 is 0 Å². The summed E-state index contributed by atoms with van der Waals surface area (Å²) in [5.74, 6) is 0. The van der Waals surface area contributed by atoms with Gasteiger partial charge in [0.25, 0.3) is 0 Å². The van der Waals surface area contributed by atoms with Gasteiger partial charge in [-0.15, -0.1) is 0 Å². The number of rotatable bonds is 10. The second-order valence-corrected chi connectivity index (χ2v) is 19.8. The molecule has 0 bridgehead atoms. The third-order valence-corrected chi connectivity index (χ3v) is 15.5. The Hall–Kier alpha value is -9.90. The number of hydrogen-bond donors (Lipinski definition) is 0. The van der Waals surface area contributed by atoms with Gasteiger partial charge < -0.3 is 19.6 Å². The fourth-order valence-corrected chi connectivity index (χ4v) is 11.8. The zero-order valence-electron chi connectivity index (χ0n) is 43.2. The van der Waals surface area contributed by atoms with Gasteiger partial charge in [0.05, 0.1) is 5.41 Å². The van der Waals surface area contributed by atoms with E-state index >= 15 is 0 Å². The lowest BCUT2D eigenvalue weighted by atomic mass is 9.70. The molecule has 2 aliphatic rings. The largest absolute Gasteiger partial charge is 0.345 e. The molecule has 77 heavy (non-hydrogen) atoms. The third kappa shape index (κ3) is 8.37. The lowest BCUT2D eigenvalue weighted by Crippen LogP contribution is -2.26. The van der Waals surface area contributed by atoms with E-state index in [1.165, 1.54) is 66.7 Å². The summed E-state index contributed by atoms with van der Waals surface area (Å²) in [4.78, 5) is 9.11. The van der Waals surface area contributed by atoms with Crippen LogP contribution in [0.1, 0.15) is 22.3 Å². The Kier molecular flexibility index (Phi) is 12.2. The van der Waals surface area contributed by atoms with Gasteiger partial charge in [-0.2, -0.15) is 0 Å². The Labute approximate surface area is 452 Å². The smallest absolute Gasteiger partial charge is 0.0726 e. The molecule has 1 spiro atoms. The van der Waals surface area contributed by atoms with Crippen molar-refractivity contribution in [2.24, 2.45) is 0 Å². The lowest BCUT2D eigenvalue weighted by Gasteiger charge is -2.31. The average molecular weight is 989 g/mol. The van der Waals surface area contributed by atoms with Crippen molar-refractivity contribution in [1.29, 1.82) is 0 Å². The van der Waals surface area contributed by atoms with E-state index in [9.17, 15) is 0 Å². The summed E-state index contributed by atoms with van der Waals surface area (Å²) < 4.78 is 0. The van der Waals surface area contributed by atoms with Crippen LogP contribution in [0.15, 0.2) is 303 Å². The summed E-state index contributed by atoms with van der Waals surface area (Å²) >= 11 is 0. The predicted octanol–water partition coefficient (Wildman–Crippen LogP) is 19.3. The molecular formula is C73H56N4. The molecular weight excluding hydrogens is 933 g/mol. The number of hydrogen-bond acceptors (Lipinski definition) is 4. The van der Waals surface area contributed by atoms with Crippen LogP contribution < -0.4 is 19.6 Å². The molecule has 0 amide bonds. The molecule has 0 heterocycles. The molecule has 368 valence electrons. The Morgan fingerprint density at radius 1 is 0.208 bits per heavy atom. The van der Waals surface area contributed by atoms with Gasteiger partial charge in [0.2, 0.25) is 0 Å². The second-order valence-electron chi connectivity index (χ2n) is 19.8. The first-order valence-electron chi connectivity index (χ1n) is 26.5. The Morgan fingerprint density at radius 3 is 0.974 bits per heavy atom. The monoisotopic (exact) mass is 988 g/mol. The van der Waals surface area contributed by atoms with Gasteiger partial charge in [-0.25, -0.2) is 0 Å². The van der Waals surface area contributed by atoms with E-state index in [-0.39, 0.29) is 5.41 Å². The normalized spacial score (nSPS) is 12.1. The van der Waals surface area contributed by atoms with E-state index in [1.54, 1.807) is 0 Å². The average Bonchev–Trinajstić information content (AvgIpc) is 4.09. The number of benzene rings is 12. The Bertz CT molecular complexity index is 3910. The molecule has 2 aliphatic carbocycles. The lowest BCUT2D eigenvalue weighted by molar-refractivity contribution is 0.793. The van der Waals surface area contributed by atoms with Crippen LogP contribution in [0.4, 0.5) is 56.9 Å². The van der Waals surface area contributed by atoms with Crippen molar-refractivity contribution in [2.45, 2.75) is 5.41 Å². The highest BCUT2D eigenvalue weighted by Gasteiger charge is 2.51. The van der Waals surface area contributed by atoms with Crippen molar-refractivity contribution in [3.8, 4) is 22.3 Å². The molecule has 0 aliphatic heterocycles. The van der Waals surface area contributed by atoms with Gasteiger partial charge in [-0.1, -0.05) is 182 Å². The maximum atomic E-state index is 2.43. The first-order chi connectivity index (χ1) is 38.0. The molecule has 0 atom stereocenters. The van der Waals surface area contributed by atoms with Crippen molar-refractivity contribution in [3.05, 3.63) is 326 Å². The molecule has 4 heteroatoms. The van der Waals surface area contributed by atoms with Gasteiger partial charge in [-0.3, -0.25) is 0 Å². The van der Waals surface area contributed by atoms with Crippen LogP contribution in [0.2, 0.25) is 0 Å². The van der Waals surface area contributed by atoms with E-state index < -0.39 is 0 Å². The first kappa shape index (κ1) is 46.9. The van der Waals surface area contributed by atoms with Crippen molar-refractivity contribution in [2.75, 3.05) is 33.7 Å². The number of para-hydroxylation sites is 4. The number of anilines is 10. The molecule has 0 saturated heterocycles. The zero-order valence-corrected chi connectivity index (χ0v) is 43.2. The summed E-state index contributed by atoms with van der Waals surface area (Å²) in [5.41, 5.74) is 21.9. The van der Waals surface area contributed by atoms with Gasteiger partial charge in [0.1, 0.15) is 0 Å². The topological polar surface area (TPSA) is 13.0 Å². The van der Waals surface area contributed by atoms with Crippen molar-refractivity contribution in [3.63, 3.8) is 0 Å². The Morgan fingerprint density at radius 2 is 0.506 bits per heavy atom. The standard InChI is InChI=1S/C44H32N2.C29H24N2/c1-45(31-24-26-34(27-25-31)46(32-14-4-2-5-15-32)33-16-6-3-7-17-33)35-28-29-39-38-20-10-13-23-42(38)44(43(39)30-35)40-21-11-8-18-36(40)37-19-9-12-22-41(37)44;1-30(25-12-4-2-5-13-25)26-18-20-28(21-19-26)31(27-14-6-3-7-15-27)29-17-16-23-10-8-9-11-24(23)22-29/h2-30H,1H3;2-22H,1H3. The maximum Gasteiger partial charge on any atom is 0.0726 e. The summed E-state index contributed by atoms with van der Waals surface area (Å²) in [6.07, 6.45) is 0. The third-order valence-electron chi connectivity index (χ3n) is 15.5. The van der Waals surface area contributed by atoms with E-state index in [2.05, 4.69) is 331 Å². The molecule has 0 N–H and O–H groups in total. The van der Waals surface area contributed by atoms with Crippen LogP contribution in [0.5, 0.6) is 0 Å². The molecule has 12 aromatic carbocycles. The van der Waals surface area contributed by atoms with Crippen LogP contribution in [-0.2, 0) is 5.41 Å². The van der Waals surface area contributed by atoms with Crippen LogP contribution in [-0.4, -0.2) is 14.1 Å². The highest BCUT2D eigenvalue weighted by atomic mass is 15.2. The van der Waals surface area contributed by atoms with Crippen LogP contribution in [0, 0.1) is 0 Å². The van der Waals surface area contributed by atoms with Crippen LogP contribution >= 0.6 is 0 Å². The van der Waals surface area contributed by atoms with Crippen molar-refractivity contribution >= 4 is 67.6 Å². The highest BCUT2D eigenvalue weighted by molar-refractivity contribution is 5.96. The van der Waals surface area contributed by atoms with E-state index in [4.69, 9.17) is 0 Å². The zero-order chi connectivity index (χ0) is 51.7. The Balaban J connectivity index is 0.000000159. The van der Waals surface area contributed by atoms with E-state index in [0.29, 0.717) is 0 Å². The van der Waals surface area contributed by atoms with Gasteiger partial charge >= 0.3 is 0 Å². The minimum Gasteiger partial charge on any atom is -0.345 e. The summed E-state index contributed by atoms with van der Waals surface area (Å²) in [6.45, 7) is 0. The number of fused-ring (bicyclic) bond motifs is 11. The minimum atomic E-state index is -0.342. The van der Waals surface area contributed by atoms with E-state index in [0.717, 1.165) is 45.5 Å². The van der Waals surface area contributed by atoms with Crippen LogP contribution in [0.25, 0.3) is 33.0 Å². The molecule has 12 aromatic rings. The number of nitrogens with zero attached hydrogens (tertiary/aromatic N) is 4. The van der Waals surface area contributed by atoms with E-state index in [1.807, 2.05) is 6.07 Å². The summed E-state index contributed by atoms with van der Waals surface area (Å²) in [7, 11) is 4.27. The molecule has 0 radical (unpaired) electrons. The van der Waals surface area contributed by atoms with Gasteiger partial charge in [-0.05, 0) is 177 Å². The molecule has 4 nitrogen and oxygen atoms in total. The van der Waals surface area contributed by atoms with Crippen molar-refractivity contribution in [1.82, 2.24) is 0 Å². The quantitative estimate of drug-likeness (QED) is 0.135. The SMILES string of the molecule is CN(c1ccc(N(c2ccccc2)c2ccccc2)cc1)c1ccc2c(c1)C1(c3ccccc3-c3ccccc31)c1ccccc1-2.CN(c1ccccc1)c1ccc(N(c2ccccc2)c2ccc3ccccc3c2)cc1. The van der Waals surface area contributed by atoms with Crippen LogP contribution in [0.3, 0.4) is 0 Å². The fraction of sp³-hybridized carbons (Fsp3) is 0.0411. The second kappa shape index (κ2) is 20.1. The van der Waals surface area contributed by atoms with Gasteiger partial charge in [0.15, 0.2) is 0 Å². The molecule has 14 rings (SSSR count). The summed E-state index contributed by atoms with van der Waals surface area (Å²) in [6, 6.07) is 109. The molecule has 0 fully saturated rings.